The van der Waals surface area contributed by atoms with E-state index in [-0.39, 0.29) is 46.2 Å². The molecule has 0 amide bonds. The fourth-order valence-corrected chi connectivity index (χ4v) is 4.06. The van der Waals surface area contributed by atoms with E-state index < -0.39 is 34.8 Å². The quantitative estimate of drug-likeness (QED) is 0.614. The fourth-order valence-electron chi connectivity index (χ4n) is 4.06. The average Bonchev–Trinajstić information content (AvgIpc) is 2.64. The van der Waals surface area contributed by atoms with Gasteiger partial charge in [-0.2, -0.15) is 0 Å². The van der Waals surface area contributed by atoms with Crippen LogP contribution in [0, 0.1) is 0 Å². The van der Waals surface area contributed by atoms with Gasteiger partial charge in [0.2, 0.25) is 0 Å². The molecule has 0 saturated carbocycles. The van der Waals surface area contributed by atoms with Crippen LogP contribution in [0.25, 0.3) is 0 Å². The molecular formula is C21H18O7. The number of benzene rings is 2. The van der Waals surface area contributed by atoms with Gasteiger partial charge in [-0.15, -0.1) is 0 Å². The van der Waals surface area contributed by atoms with Crippen LogP contribution < -0.4 is 4.74 Å². The van der Waals surface area contributed by atoms with Crippen molar-refractivity contribution >= 4 is 17.3 Å². The zero-order chi connectivity index (χ0) is 20.4. The Labute approximate surface area is 160 Å². The molecule has 2 atom stereocenters. The van der Waals surface area contributed by atoms with E-state index in [1.807, 2.05) is 0 Å². The van der Waals surface area contributed by atoms with Crippen molar-refractivity contribution in [3.05, 3.63) is 57.6 Å². The molecule has 0 heterocycles. The van der Waals surface area contributed by atoms with Gasteiger partial charge in [0.1, 0.15) is 17.1 Å². The Balaban J connectivity index is 1.94. The number of phenolic OH excluding ortho intramolecular Hbond substituents is 1. The van der Waals surface area contributed by atoms with E-state index in [4.69, 9.17) is 4.74 Å². The molecule has 2 aromatic carbocycles. The molecular weight excluding hydrogens is 364 g/mol. The number of hydrogen-bond acceptors (Lipinski definition) is 7. The minimum Gasteiger partial charge on any atom is -0.507 e. The minimum atomic E-state index is -1.79. The summed E-state index contributed by atoms with van der Waals surface area (Å²) < 4.78 is 5.11. The first-order valence-electron chi connectivity index (χ1n) is 8.75. The maximum absolute atomic E-state index is 13.0. The van der Waals surface area contributed by atoms with Gasteiger partial charge >= 0.3 is 0 Å². The number of rotatable bonds is 2. The van der Waals surface area contributed by atoms with Gasteiger partial charge in [0.25, 0.3) is 0 Å². The van der Waals surface area contributed by atoms with Crippen molar-refractivity contribution in [2.24, 2.45) is 0 Å². The molecule has 0 aliphatic heterocycles. The van der Waals surface area contributed by atoms with Crippen LogP contribution in [0.1, 0.15) is 62.4 Å². The second-order valence-electron chi connectivity index (χ2n) is 7.27. The highest BCUT2D eigenvalue weighted by Crippen LogP contribution is 2.45. The number of hydrogen-bond donors (Lipinski definition) is 3. The predicted octanol–water partition coefficient (Wildman–Crippen LogP) is 1.48. The monoisotopic (exact) mass is 382 g/mol. The van der Waals surface area contributed by atoms with Gasteiger partial charge in [-0.25, -0.2) is 0 Å². The molecule has 2 aliphatic carbocycles. The molecule has 0 aromatic heterocycles. The summed E-state index contributed by atoms with van der Waals surface area (Å²) in [4.78, 5) is 37.8. The Morgan fingerprint density at radius 1 is 1.14 bits per heavy atom. The number of carbonyl (C=O) groups is 3. The first-order valence-corrected chi connectivity index (χ1v) is 8.75. The largest absolute Gasteiger partial charge is 0.507 e. The molecule has 2 aliphatic rings. The number of phenols is 1. The first-order chi connectivity index (χ1) is 13.2. The molecule has 144 valence electrons. The number of ether oxygens (including phenoxy) is 1. The Morgan fingerprint density at radius 2 is 1.86 bits per heavy atom. The summed E-state index contributed by atoms with van der Waals surface area (Å²) in [6, 6.07) is 5.86. The van der Waals surface area contributed by atoms with Crippen LogP contribution in [0.2, 0.25) is 0 Å². The lowest BCUT2D eigenvalue weighted by Gasteiger charge is -2.36. The second-order valence-corrected chi connectivity index (χ2v) is 7.27. The van der Waals surface area contributed by atoms with Gasteiger partial charge in [-0.3, -0.25) is 14.4 Å². The topological polar surface area (TPSA) is 121 Å². The second kappa shape index (κ2) is 5.98. The normalized spacial score (nSPS) is 22.9. The van der Waals surface area contributed by atoms with Crippen LogP contribution in [0.15, 0.2) is 24.3 Å². The van der Waals surface area contributed by atoms with Gasteiger partial charge < -0.3 is 20.1 Å². The fraction of sp³-hybridized carbons (Fsp3) is 0.286. The van der Waals surface area contributed by atoms with Gasteiger partial charge in [0.15, 0.2) is 17.3 Å². The third-order valence-corrected chi connectivity index (χ3v) is 5.62. The van der Waals surface area contributed by atoms with Crippen LogP contribution >= 0.6 is 0 Å². The summed E-state index contributed by atoms with van der Waals surface area (Å²) in [5.41, 5.74) is -1.37. The molecule has 0 bridgehead atoms. The van der Waals surface area contributed by atoms with E-state index in [2.05, 4.69) is 0 Å². The highest BCUT2D eigenvalue weighted by atomic mass is 16.5. The van der Waals surface area contributed by atoms with Gasteiger partial charge in [0, 0.05) is 35.1 Å². The summed E-state index contributed by atoms with van der Waals surface area (Å²) in [5, 5.41) is 31.8. The summed E-state index contributed by atoms with van der Waals surface area (Å²) >= 11 is 0. The molecule has 4 rings (SSSR count). The number of aliphatic hydroxyl groups excluding tert-OH is 1. The first kappa shape index (κ1) is 18.3. The van der Waals surface area contributed by atoms with Gasteiger partial charge in [-0.1, -0.05) is 0 Å². The van der Waals surface area contributed by atoms with Crippen LogP contribution in [0.4, 0.5) is 0 Å². The standard InChI is InChI=1S/C21H18O7/c1-9(22)21(27)7-10-5-14-17(20(26)16(10)15(23)8-21)19(25)13-6-11(28-2)3-4-12(13)18(14)24/h3-6,15,23,26-27H,7-8H2,1-2H3/t15-,21-/m1/s1. The SMILES string of the molecule is COc1ccc2c(c1)C(=O)c1c(cc3c(c1O)[C@H](O)C[C@@](O)(C(C)=O)C3)C2=O. The molecule has 0 unspecified atom stereocenters. The number of ketones is 3. The number of aromatic hydroxyl groups is 1. The smallest absolute Gasteiger partial charge is 0.198 e. The lowest BCUT2D eigenvalue weighted by Crippen LogP contribution is -2.44. The summed E-state index contributed by atoms with van der Waals surface area (Å²) in [6.07, 6.45) is -1.81. The molecule has 7 nitrogen and oxygen atoms in total. The number of fused-ring (bicyclic) bond motifs is 3. The molecule has 3 N–H and O–H groups in total. The van der Waals surface area contributed by atoms with Crippen LogP contribution in [0.3, 0.4) is 0 Å². The van der Waals surface area contributed by atoms with Gasteiger partial charge in [0.05, 0.1) is 18.8 Å². The van der Waals surface area contributed by atoms with Crippen molar-refractivity contribution < 1.29 is 34.4 Å². The van der Waals surface area contributed by atoms with E-state index in [1.165, 1.54) is 32.2 Å². The van der Waals surface area contributed by atoms with E-state index in [0.29, 0.717) is 5.75 Å². The zero-order valence-electron chi connectivity index (χ0n) is 15.3. The highest BCUT2D eigenvalue weighted by molar-refractivity contribution is 6.29. The van der Waals surface area contributed by atoms with Crippen LogP contribution in [0.5, 0.6) is 11.5 Å². The third-order valence-electron chi connectivity index (χ3n) is 5.62. The third kappa shape index (κ3) is 2.40. The van der Waals surface area contributed by atoms with Crippen molar-refractivity contribution in [3.63, 3.8) is 0 Å². The molecule has 0 saturated heterocycles. The number of aliphatic hydroxyl groups is 2. The maximum Gasteiger partial charge on any atom is 0.198 e. The Morgan fingerprint density at radius 3 is 2.50 bits per heavy atom. The highest BCUT2D eigenvalue weighted by Gasteiger charge is 2.44. The van der Waals surface area contributed by atoms with Crippen molar-refractivity contribution in [2.45, 2.75) is 31.5 Å². The Kier molecular flexibility index (Phi) is 3.92. The average molecular weight is 382 g/mol. The number of methoxy groups -OCH3 is 1. The number of Topliss-reactive ketones (excluding diaryl/α,β-unsaturated/α-hetero) is 1. The summed E-state index contributed by atoms with van der Waals surface area (Å²) in [5.74, 6) is -1.63. The van der Waals surface area contributed by atoms with E-state index in [0.717, 1.165) is 0 Å². The van der Waals surface area contributed by atoms with E-state index in [9.17, 15) is 29.7 Å². The molecule has 28 heavy (non-hydrogen) atoms. The summed E-state index contributed by atoms with van der Waals surface area (Å²) in [6.45, 7) is 1.22. The lowest BCUT2D eigenvalue weighted by atomic mass is 9.73. The van der Waals surface area contributed by atoms with Crippen molar-refractivity contribution in [1.82, 2.24) is 0 Å². The summed E-state index contributed by atoms with van der Waals surface area (Å²) in [7, 11) is 1.44. The van der Waals surface area contributed by atoms with Crippen molar-refractivity contribution in [2.75, 3.05) is 7.11 Å². The van der Waals surface area contributed by atoms with E-state index >= 15 is 0 Å². The van der Waals surface area contributed by atoms with E-state index in [1.54, 1.807) is 6.07 Å². The van der Waals surface area contributed by atoms with Crippen molar-refractivity contribution in [1.29, 1.82) is 0 Å². The maximum atomic E-state index is 13.0. The molecule has 0 spiro atoms. The molecule has 7 heteroatoms. The van der Waals surface area contributed by atoms with Gasteiger partial charge in [-0.05, 0) is 36.8 Å². The molecule has 0 radical (unpaired) electrons. The molecule has 0 fully saturated rings. The van der Waals surface area contributed by atoms with Crippen LogP contribution in [-0.4, -0.2) is 45.4 Å². The van der Waals surface area contributed by atoms with Crippen LogP contribution in [-0.2, 0) is 11.2 Å². The number of carbonyl (C=O) groups excluding carboxylic acids is 3. The molecule has 2 aromatic rings. The zero-order valence-corrected chi connectivity index (χ0v) is 15.3. The predicted molar refractivity (Wildman–Crippen MR) is 96.9 cm³/mol. The lowest BCUT2D eigenvalue weighted by molar-refractivity contribution is -0.139. The Bertz CT molecular complexity index is 1070. The van der Waals surface area contributed by atoms with Crippen molar-refractivity contribution in [3.8, 4) is 11.5 Å². The Hall–Kier alpha value is -3.03. The minimum absolute atomic E-state index is 0.0149.